The first kappa shape index (κ1) is 18.4. The zero-order chi connectivity index (χ0) is 14.6. The van der Waals surface area contributed by atoms with E-state index in [2.05, 4.69) is 15.1 Å². The minimum absolute atomic E-state index is 0. The Kier molecular flexibility index (Phi) is 7.08. The smallest absolute Gasteiger partial charge is 0.243 e. The molecule has 2 N–H and O–H groups in total. The summed E-state index contributed by atoms with van der Waals surface area (Å²) < 4.78 is 33.9. The van der Waals surface area contributed by atoms with E-state index in [0.717, 1.165) is 12.8 Å². The van der Waals surface area contributed by atoms with E-state index in [1.807, 2.05) is 6.92 Å². The van der Waals surface area contributed by atoms with Gasteiger partial charge in [-0.3, -0.25) is 4.68 Å². The minimum atomic E-state index is -3.49. The van der Waals surface area contributed by atoms with Gasteiger partial charge in [-0.25, -0.2) is 13.1 Å². The standard InChI is InChI=1S/C12H22N4O3S.ClH/c1-10(13-2)7-15-20(17,18)12-8-14-16(9-12)11-3-5-19-6-4-11;/h8-11,13,15H,3-7H2,1-2H3;1H. The Balaban J connectivity index is 0.00000220. The summed E-state index contributed by atoms with van der Waals surface area (Å²) in [6.07, 6.45) is 4.74. The molecule has 2 rings (SSSR count). The average Bonchev–Trinajstić information content (AvgIpc) is 2.96. The first-order chi connectivity index (χ1) is 9.53. The zero-order valence-electron chi connectivity index (χ0n) is 12.3. The molecule has 1 aliphatic heterocycles. The maximum absolute atomic E-state index is 12.1. The molecule has 9 heteroatoms. The van der Waals surface area contributed by atoms with E-state index in [1.165, 1.54) is 6.20 Å². The summed E-state index contributed by atoms with van der Waals surface area (Å²) in [5.41, 5.74) is 0. The molecule has 0 bridgehead atoms. The van der Waals surface area contributed by atoms with Crippen molar-refractivity contribution < 1.29 is 13.2 Å². The molecular formula is C12H23ClN4O3S. The predicted octanol–water partition coefficient (Wildman–Crippen LogP) is 0.543. The normalized spacial score (nSPS) is 18.2. The highest BCUT2D eigenvalue weighted by molar-refractivity contribution is 7.89. The Morgan fingerprint density at radius 3 is 2.76 bits per heavy atom. The van der Waals surface area contributed by atoms with E-state index < -0.39 is 10.0 Å². The minimum Gasteiger partial charge on any atom is -0.381 e. The molecule has 21 heavy (non-hydrogen) atoms. The van der Waals surface area contributed by atoms with Crippen LogP contribution in [-0.2, 0) is 14.8 Å². The summed E-state index contributed by atoms with van der Waals surface area (Å²) in [6, 6.07) is 0.305. The van der Waals surface area contributed by atoms with Gasteiger partial charge in [0.2, 0.25) is 10.0 Å². The summed E-state index contributed by atoms with van der Waals surface area (Å²) in [4.78, 5) is 0.215. The number of hydrogen-bond acceptors (Lipinski definition) is 5. The Bertz CT molecular complexity index is 528. The molecule has 0 saturated carbocycles. The van der Waals surface area contributed by atoms with E-state index in [9.17, 15) is 8.42 Å². The van der Waals surface area contributed by atoms with Crippen molar-refractivity contribution in [1.82, 2.24) is 19.8 Å². The van der Waals surface area contributed by atoms with Gasteiger partial charge < -0.3 is 10.1 Å². The van der Waals surface area contributed by atoms with Crippen LogP contribution in [0.3, 0.4) is 0 Å². The topological polar surface area (TPSA) is 85.3 Å². The third-order valence-electron chi connectivity index (χ3n) is 3.53. The van der Waals surface area contributed by atoms with Crippen LogP contribution in [0.2, 0.25) is 0 Å². The van der Waals surface area contributed by atoms with Crippen LogP contribution in [0.15, 0.2) is 17.3 Å². The Morgan fingerprint density at radius 1 is 1.48 bits per heavy atom. The molecule has 0 amide bonds. The summed E-state index contributed by atoms with van der Waals surface area (Å²) in [6.45, 7) is 3.66. The Labute approximate surface area is 131 Å². The fraction of sp³-hybridized carbons (Fsp3) is 0.750. The van der Waals surface area contributed by atoms with E-state index in [1.54, 1.807) is 17.9 Å². The van der Waals surface area contributed by atoms with Gasteiger partial charge in [-0.15, -0.1) is 12.4 Å². The number of nitrogens with zero attached hydrogens (tertiary/aromatic N) is 2. The van der Waals surface area contributed by atoms with Gasteiger partial charge in [0.05, 0.1) is 12.2 Å². The maximum Gasteiger partial charge on any atom is 0.243 e. The lowest BCUT2D eigenvalue weighted by Crippen LogP contribution is -2.37. The molecule has 1 aromatic heterocycles. The van der Waals surface area contributed by atoms with E-state index in [-0.39, 0.29) is 29.4 Å². The van der Waals surface area contributed by atoms with Crippen molar-refractivity contribution in [1.29, 1.82) is 0 Å². The van der Waals surface area contributed by atoms with Crippen LogP contribution in [0.4, 0.5) is 0 Å². The van der Waals surface area contributed by atoms with Gasteiger partial charge in [-0.2, -0.15) is 5.10 Å². The van der Waals surface area contributed by atoms with Crippen molar-refractivity contribution in [3.63, 3.8) is 0 Å². The van der Waals surface area contributed by atoms with Gasteiger partial charge in [0, 0.05) is 32.0 Å². The highest BCUT2D eigenvalue weighted by atomic mass is 35.5. The fourth-order valence-electron chi connectivity index (χ4n) is 2.03. The molecule has 1 unspecified atom stereocenters. The molecule has 0 radical (unpaired) electrons. The second-order valence-corrected chi connectivity index (χ2v) is 6.81. The van der Waals surface area contributed by atoms with Crippen LogP contribution < -0.4 is 10.0 Å². The van der Waals surface area contributed by atoms with E-state index >= 15 is 0 Å². The second kappa shape index (κ2) is 8.09. The number of nitrogens with one attached hydrogen (secondary N) is 2. The molecule has 7 nitrogen and oxygen atoms in total. The van der Waals surface area contributed by atoms with Crippen LogP contribution in [0.5, 0.6) is 0 Å². The van der Waals surface area contributed by atoms with Crippen LogP contribution >= 0.6 is 12.4 Å². The fourth-order valence-corrected chi connectivity index (χ4v) is 3.10. The van der Waals surface area contributed by atoms with Crippen molar-refractivity contribution >= 4 is 22.4 Å². The van der Waals surface area contributed by atoms with Gasteiger partial charge in [0.25, 0.3) is 0 Å². The molecule has 1 aliphatic rings. The summed E-state index contributed by atoms with van der Waals surface area (Å²) in [5.74, 6) is 0. The summed E-state index contributed by atoms with van der Waals surface area (Å²) in [7, 11) is -1.69. The third-order valence-corrected chi connectivity index (χ3v) is 4.90. The Morgan fingerprint density at radius 2 is 2.14 bits per heavy atom. The first-order valence-electron chi connectivity index (χ1n) is 6.82. The van der Waals surface area contributed by atoms with Crippen molar-refractivity contribution in [2.45, 2.75) is 36.7 Å². The van der Waals surface area contributed by atoms with Gasteiger partial charge in [-0.1, -0.05) is 0 Å². The number of rotatable bonds is 6. The van der Waals surface area contributed by atoms with E-state index in [0.29, 0.717) is 19.8 Å². The monoisotopic (exact) mass is 338 g/mol. The molecular weight excluding hydrogens is 316 g/mol. The zero-order valence-corrected chi connectivity index (χ0v) is 13.9. The first-order valence-corrected chi connectivity index (χ1v) is 8.30. The number of hydrogen-bond donors (Lipinski definition) is 2. The lowest BCUT2D eigenvalue weighted by Gasteiger charge is -2.22. The predicted molar refractivity (Wildman–Crippen MR) is 82.3 cm³/mol. The number of likely N-dealkylation sites (N-methyl/N-ethyl adjacent to an activating group) is 1. The molecule has 0 aromatic carbocycles. The van der Waals surface area contributed by atoms with Crippen molar-refractivity contribution in [2.24, 2.45) is 0 Å². The molecule has 1 atom stereocenters. The quantitative estimate of drug-likeness (QED) is 0.791. The number of sulfonamides is 1. The molecule has 1 fully saturated rings. The molecule has 122 valence electrons. The average molecular weight is 339 g/mol. The Hall–Kier alpha value is -0.670. The number of aromatic nitrogens is 2. The number of ether oxygens (including phenoxy) is 1. The molecule has 0 spiro atoms. The number of halogens is 1. The highest BCUT2D eigenvalue weighted by Gasteiger charge is 2.21. The van der Waals surface area contributed by atoms with Gasteiger partial charge in [0.15, 0.2) is 0 Å². The summed E-state index contributed by atoms with van der Waals surface area (Å²) in [5, 5.41) is 7.16. The third kappa shape index (κ3) is 4.93. The molecule has 1 saturated heterocycles. The lowest BCUT2D eigenvalue weighted by molar-refractivity contribution is 0.0662. The largest absolute Gasteiger partial charge is 0.381 e. The van der Waals surface area contributed by atoms with Crippen LogP contribution in [0.1, 0.15) is 25.8 Å². The van der Waals surface area contributed by atoms with Crippen molar-refractivity contribution in [2.75, 3.05) is 26.8 Å². The lowest BCUT2D eigenvalue weighted by atomic mass is 10.1. The second-order valence-electron chi connectivity index (χ2n) is 5.04. The SMILES string of the molecule is CNC(C)CNS(=O)(=O)c1cnn(C2CCOCC2)c1.Cl. The van der Waals surface area contributed by atoms with Crippen LogP contribution in [0, 0.1) is 0 Å². The van der Waals surface area contributed by atoms with Crippen LogP contribution in [0.25, 0.3) is 0 Å². The molecule has 2 heterocycles. The highest BCUT2D eigenvalue weighted by Crippen LogP contribution is 2.21. The van der Waals surface area contributed by atoms with Crippen molar-refractivity contribution in [3.8, 4) is 0 Å². The molecule has 1 aromatic rings. The summed E-state index contributed by atoms with van der Waals surface area (Å²) >= 11 is 0. The maximum atomic E-state index is 12.1. The van der Waals surface area contributed by atoms with Gasteiger partial charge in [0.1, 0.15) is 4.90 Å². The van der Waals surface area contributed by atoms with Crippen LogP contribution in [-0.4, -0.2) is 51.0 Å². The van der Waals surface area contributed by atoms with E-state index in [4.69, 9.17) is 4.74 Å². The molecule has 0 aliphatic carbocycles. The van der Waals surface area contributed by atoms with Gasteiger partial charge >= 0.3 is 0 Å². The van der Waals surface area contributed by atoms with Gasteiger partial charge in [-0.05, 0) is 26.8 Å². The van der Waals surface area contributed by atoms with Crippen molar-refractivity contribution in [3.05, 3.63) is 12.4 Å².